The van der Waals surface area contributed by atoms with E-state index in [-0.39, 0.29) is 11.7 Å². The first-order valence-electron chi connectivity index (χ1n) is 6.78. The third-order valence-corrected chi connectivity index (χ3v) is 3.72. The Kier molecular flexibility index (Phi) is 6.05. The fraction of sp³-hybridized carbons (Fsp3) is 0.462. The molecule has 0 aromatic heterocycles. The number of nitrogens with one attached hydrogen (secondary N) is 1. The maximum atomic E-state index is 11.8. The second-order valence-electron chi connectivity index (χ2n) is 5.33. The van der Waals surface area contributed by atoms with Crippen LogP contribution in [0.4, 0.5) is 5.69 Å². The monoisotopic (exact) mass is 345 g/mol. The second kappa shape index (κ2) is 7.38. The lowest BCUT2D eigenvalue weighted by molar-refractivity contribution is -0.386. The van der Waals surface area contributed by atoms with Crippen molar-refractivity contribution in [1.29, 1.82) is 0 Å². The number of carbonyl (C=O) groups excluding carboxylic acids is 1. The number of ether oxygens (including phenoxy) is 1. The smallest absolute Gasteiger partial charge is 0.312 e. The molecule has 0 spiro atoms. The second-order valence-corrected chi connectivity index (χ2v) is 6.89. The molecule has 0 bridgehead atoms. The van der Waals surface area contributed by atoms with Crippen molar-refractivity contribution in [2.24, 2.45) is 11.1 Å². The van der Waals surface area contributed by atoms with Crippen molar-refractivity contribution in [1.82, 2.24) is 5.32 Å². The highest BCUT2D eigenvalue weighted by Crippen LogP contribution is 2.30. The molecule has 0 saturated heterocycles. The maximum absolute atomic E-state index is 11.8. The van der Waals surface area contributed by atoms with Crippen LogP contribution in [-0.2, 0) is 14.8 Å². The standard InChI is InChI=1S/C13H19N3O6S/c1-8(2)7-15-13(17)9(3)22-12-5-4-10(23(14,20)21)6-11(12)16(18)19/h4-6,8-9H,7H2,1-3H3,(H,15,17)(H2,14,20,21). The number of nitrogens with two attached hydrogens (primary N) is 1. The lowest BCUT2D eigenvalue weighted by Gasteiger charge is -2.15. The van der Waals surface area contributed by atoms with Crippen molar-refractivity contribution in [3.63, 3.8) is 0 Å². The summed E-state index contributed by atoms with van der Waals surface area (Å²) in [5, 5.41) is 18.6. The first-order chi connectivity index (χ1) is 10.5. The van der Waals surface area contributed by atoms with Crippen molar-refractivity contribution in [2.75, 3.05) is 6.54 Å². The van der Waals surface area contributed by atoms with E-state index in [1.807, 2.05) is 13.8 Å². The van der Waals surface area contributed by atoms with E-state index in [9.17, 15) is 23.3 Å². The third-order valence-electron chi connectivity index (χ3n) is 2.81. The molecule has 1 aromatic rings. The number of amides is 1. The molecule has 10 heteroatoms. The molecule has 0 radical (unpaired) electrons. The number of primary sulfonamides is 1. The summed E-state index contributed by atoms with van der Waals surface area (Å²) < 4.78 is 27.8. The average molecular weight is 345 g/mol. The van der Waals surface area contributed by atoms with Gasteiger partial charge in [-0.15, -0.1) is 0 Å². The summed E-state index contributed by atoms with van der Waals surface area (Å²) in [5.74, 6) is -0.396. The quantitative estimate of drug-likeness (QED) is 0.552. The third kappa shape index (κ3) is 5.49. The van der Waals surface area contributed by atoms with E-state index >= 15 is 0 Å². The Morgan fingerprint density at radius 1 is 1.39 bits per heavy atom. The van der Waals surface area contributed by atoms with E-state index < -0.39 is 37.5 Å². The minimum Gasteiger partial charge on any atom is -0.474 e. The Morgan fingerprint density at radius 2 is 2.00 bits per heavy atom. The van der Waals surface area contributed by atoms with Crippen molar-refractivity contribution in [3.8, 4) is 5.75 Å². The largest absolute Gasteiger partial charge is 0.474 e. The van der Waals surface area contributed by atoms with Crippen LogP contribution in [-0.4, -0.2) is 31.9 Å². The zero-order valence-corrected chi connectivity index (χ0v) is 13.8. The number of benzene rings is 1. The molecule has 0 heterocycles. The highest BCUT2D eigenvalue weighted by molar-refractivity contribution is 7.89. The van der Waals surface area contributed by atoms with Gasteiger partial charge in [0.15, 0.2) is 11.9 Å². The summed E-state index contributed by atoms with van der Waals surface area (Å²) in [6.45, 7) is 5.72. The summed E-state index contributed by atoms with van der Waals surface area (Å²) in [7, 11) is -4.08. The van der Waals surface area contributed by atoms with Crippen LogP contribution >= 0.6 is 0 Å². The Labute approximate surface area is 134 Å². The Hall–Kier alpha value is -2.20. The van der Waals surface area contributed by atoms with Gasteiger partial charge in [0.25, 0.3) is 5.91 Å². The molecular formula is C13H19N3O6S. The normalized spacial score (nSPS) is 12.7. The van der Waals surface area contributed by atoms with Crippen molar-refractivity contribution in [3.05, 3.63) is 28.3 Å². The molecule has 0 aliphatic heterocycles. The van der Waals surface area contributed by atoms with Crippen molar-refractivity contribution >= 4 is 21.6 Å². The Bertz CT molecular complexity index is 702. The van der Waals surface area contributed by atoms with Gasteiger partial charge in [0.05, 0.1) is 9.82 Å². The van der Waals surface area contributed by atoms with Crippen LogP contribution in [0.15, 0.2) is 23.1 Å². The molecule has 0 aliphatic rings. The Morgan fingerprint density at radius 3 is 2.48 bits per heavy atom. The number of nitro groups is 1. The summed E-state index contributed by atoms with van der Waals surface area (Å²) in [4.78, 5) is 21.7. The summed E-state index contributed by atoms with van der Waals surface area (Å²) in [6.07, 6.45) is -0.979. The van der Waals surface area contributed by atoms with Crippen LogP contribution in [0.5, 0.6) is 5.75 Å². The molecule has 1 atom stereocenters. The van der Waals surface area contributed by atoms with Gasteiger partial charge < -0.3 is 10.1 Å². The molecule has 128 valence electrons. The molecule has 23 heavy (non-hydrogen) atoms. The van der Waals surface area contributed by atoms with Gasteiger partial charge in [0.1, 0.15) is 0 Å². The minimum atomic E-state index is -4.08. The van der Waals surface area contributed by atoms with Gasteiger partial charge in [0.2, 0.25) is 10.0 Å². The van der Waals surface area contributed by atoms with Crippen molar-refractivity contribution in [2.45, 2.75) is 31.8 Å². The fourth-order valence-corrected chi connectivity index (χ4v) is 2.14. The van der Waals surface area contributed by atoms with Crippen LogP contribution in [0, 0.1) is 16.0 Å². The predicted molar refractivity (Wildman–Crippen MR) is 82.4 cm³/mol. The molecular weight excluding hydrogens is 326 g/mol. The van der Waals surface area contributed by atoms with Crippen LogP contribution in [0.25, 0.3) is 0 Å². The number of hydrogen-bond donors (Lipinski definition) is 2. The average Bonchev–Trinajstić information content (AvgIpc) is 2.43. The lowest BCUT2D eigenvalue weighted by atomic mass is 10.2. The zero-order chi connectivity index (χ0) is 17.8. The topological polar surface area (TPSA) is 142 Å². The molecule has 0 aliphatic carbocycles. The first kappa shape index (κ1) is 18.8. The van der Waals surface area contributed by atoms with Crippen LogP contribution < -0.4 is 15.2 Å². The van der Waals surface area contributed by atoms with Gasteiger partial charge in [-0.25, -0.2) is 13.6 Å². The number of carbonyl (C=O) groups is 1. The fourth-order valence-electron chi connectivity index (χ4n) is 1.61. The molecule has 3 N–H and O–H groups in total. The number of sulfonamides is 1. The van der Waals surface area contributed by atoms with E-state index in [4.69, 9.17) is 9.88 Å². The lowest BCUT2D eigenvalue weighted by Crippen LogP contribution is -2.38. The highest BCUT2D eigenvalue weighted by Gasteiger charge is 2.23. The molecule has 1 aromatic carbocycles. The van der Waals surface area contributed by atoms with Gasteiger partial charge in [-0.2, -0.15) is 0 Å². The van der Waals surface area contributed by atoms with Crippen LogP contribution in [0.3, 0.4) is 0 Å². The van der Waals surface area contributed by atoms with Gasteiger partial charge in [-0.1, -0.05) is 13.8 Å². The minimum absolute atomic E-state index is 0.213. The van der Waals surface area contributed by atoms with Crippen LogP contribution in [0.2, 0.25) is 0 Å². The van der Waals surface area contributed by atoms with Crippen molar-refractivity contribution < 1.29 is 22.9 Å². The molecule has 0 saturated carbocycles. The van der Waals surface area contributed by atoms with Gasteiger partial charge in [0, 0.05) is 12.6 Å². The number of nitrogens with zero attached hydrogens (tertiary/aromatic N) is 1. The molecule has 9 nitrogen and oxygen atoms in total. The number of hydrogen-bond acceptors (Lipinski definition) is 6. The SMILES string of the molecule is CC(C)CNC(=O)C(C)Oc1ccc(S(N)(=O)=O)cc1[N+](=O)[O-]. The summed E-state index contributed by atoms with van der Waals surface area (Å²) >= 11 is 0. The molecule has 1 unspecified atom stereocenters. The van der Waals surface area contributed by atoms with E-state index in [2.05, 4.69) is 5.32 Å². The molecule has 1 rings (SSSR count). The first-order valence-corrected chi connectivity index (χ1v) is 8.32. The number of rotatable bonds is 7. The van der Waals surface area contributed by atoms with E-state index in [1.165, 1.54) is 6.92 Å². The maximum Gasteiger partial charge on any atom is 0.312 e. The molecule has 0 fully saturated rings. The Balaban J connectivity index is 3.00. The highest BCUT2D eigenvalue weighted by atomic mass is 32.2. The van der Waals surface area contributed by atoms with E-state index in [0.29, 0.717) is 6.54 Å². The number of nitro benzene ring substituents is 1. The van der Waals surface area contributed by atoms with E-state index in [0.717, 1.165) is 18.2 Å². The zero-order valence-electron chi connectivity index (χ0n) is 13.0. The van der Waals surface area contributed by atoms with E-state index in [1.54, 1.807) is 0 Å². The molecule has 1 amide bonds. The van der Waals surface area contributed by atoms with Gasteiger partial charge >= 0.3 is 5.69 Å². The van der Waals surface area contributed by atoms with Crippen LogP contribution in [0.1, 0.15) is 20.8 Å². The predicted octanol–water partition coefficient (Wildman–Crippen LogP) is 0.782. The van der Waals surface area contributed by atoms with Gasteiger partial charge in [-0.3, -0.25) is 14.9 Å². The van der Waals surface area contributed by atoms with Gasteiger partial charge in [-0.05, 0) is 25.0 Å². The summed E-state index contributed by atoms with van der Waals surface area (Å²) in [6, 6.07) is 2.98. The summed E-state index contributed by atoms with van der Waals surface area (Å²) in [5.41, 5.74) is -0.583.